The Labute approximate surface area is 146 Å². The second-order valence-corrected chi connectivity index (χ2v) is 6.21. The summed E-state index contributed by atoms with van der Waals surface area (Å²) in [5.41, 5.74) is 0.842. The highest BCUT2D eigenvalue weighted by atomic mass is 16.5. The number of rotatable bonds is 6. The summed E-state index contributed by atoms with van der Waals surface area (Å²) in [6, 6.07) is 10.1. The molecule has 3 aromatic rings. The minimum atomic E-state index is 0.446. The van der Waals surface area contributed by atoms with Gasteiger partial charge in [0.2, 0.25) is 11.7 Å². The van der Waals surface area contributed by atoms with E-state index in [0.717, 1.165) is 30.8 Å². The molecule has 1 atom stereocenters. The summed E-state index contributed by atoms with van der Waals surface area (Å²) in [5.74, 6) is 1.94. The quantitative estimate of drug-likeness (QED) is 0.687. The highest BCUT2D eigenvalue weighted by Gasteiger charge is 2.27. The molecule has 130 valence electrons. The van der Waals surface area contributed by atoms with Crippen molar-refractivity contribution < 1.29 is 9.26 Å². The van der Waals surface area contributed by atoms with Crippen LogP contribution in [0.3, 0.4) is 0 Å². The van der Waals surface area contributed by atoms with Gasteiger partial charge in [0.15, 0.2) is 0 Å². The highest BCUT2D eigenvalue weighted by Crippen LogP contribution is 2.28. The standard InChI is InChI=1S/C18H21N5O2/c1-24-16-8-3-2-7-15(16)18-20-17(25-21-18)13-22-10-4-6-14(22)12-23-11-5-9-19-23/h2-3,5,7-9,11,14H,4,6,10,12-13H2,1H3. The Morgan fingerprint density at radius 2 is 2.20 bits per heavy atom. The first-order valence-corrected chi connectivity index (χ1v) is 8.51. The maximum absolute atomic E-state index is 5.48. The van der Waals surface area contributed by atoms with Crippen molar-refractivity contribution in [2.75, 3.05) is 13.7 Å². The van der Waals surface area contributed by atoms with Crippen molar-refractivity contribution in [3.8, 4) is 17.1 Å². The molecule has 4 rings (SSSR count). The van der Waals surface area contributed by atoms with E-state index < -0.39 is 0 Å². The molecule has 1 aliphatic heterocycles. The topological polar surface area (TPSA) is 69.2 Å². The molecule has 3 heterocycles. The lowest BCUT2D eigenvalue weighted by Gasteiger charge is -2.22. The second kappa shape index (κ2) is 7.06. The number of para-hydroxylation sites is 1. The number of methoxy groups -OCH3 is 1. The largest absolute Gasteiger partial charge is 0.496 e. The van der Waals surface area contributed by atoms with E-state index in [1.54, 1.807) is 7.11 Å². The first-order chi connectivity index (χ1) is 12.3. The Kier molecular flexibility index (Phi) is 4.47. The van der Waals surface area contributed by atoms with Gasteiger partial charge in [0.05, 0.1) is 25.8 Å². The number of aromatic nitrogens is 4. The lowest BCUT2D eigenvalue weighted by atomic mass is 10.2. The van der Waals surface area contributed by atoms with Crippen LogP contribution in [0, 0.1) is 0 Å². The second-order valence-electron chi connectivity index (χ2n) is 6.21. The highest BCUT2D eigenvalue weighted by molar-refractivity contribution is 5.63. The fourth-order valence-electron chi connectivity index (χ4n) is 3.37. The molecule has 0 N–H and O–H groups in total. The average molecular weight is 339 g/mol. The maximum Gasteiger partial charge on any atom is 0.241 e. The third-order valence-corrected chi connectivity index (χ3v) is 4.61. The molecular formula is C18H21N5O2. The van der Waals surface area contributed by atoms with Crippen LogP contribution in [-0.2, 0) is 13.1 Å². The van der Waals surface area contributed by atoms with Crippen molar-refractivity contribution in [1.82, 2.24) is 24.8 Å². The molecule has 1 unspecified atom stereocenters. The molecule has 25 heavy (non-hydrogen) atoms. The minimum Gasteiger partial charge on any atom is -0.496 e. The van der Waals surface area contributed by atoms with Crippen molar-refractivity contribution in [2.45, 2.75) is 32.0 Å². The monoisotopic (exact) mass is 339 g/mol. The Bertz CT molecular complexity index is 815. The summed E-state index contributed by atoms with van der Waals surface area (Å²) in [6.45, 7) is 2.59. The first kappa shape index (κ1) is 15.8. The normalized spacial score (nSPS) is 17.9. The fourth-order valence-corrected chi connectivity index (χ4v) is 3.37. The number of likely N-dealkylation sites (tertiary alicyclic amines) is 1. The van der Waals surface area contributed by atoms with E-state index >= 15 is 0 Å². The van der Waals surface area contributed by atoms with E-state index in [0.29, 0.717) is 24.3 Å². The van der Waals surface area contributed by atoms with E-state index in [-0.39, 0.29) is 0 Å². The van der Waals surface area contributed by atoms with E-state index in [9.17, 15) is 0 Å². The van der Waals surface area contributed by atoms with Crippen molar-refractivity contribution in [2.24, 2.45) is 0 Å². The smallest absolute Gasteiger partial charge is 0.241 e. The van der Waals surface area contributed by atoms with Crippen molar-refractivity contribution in [3.63, 3.8) is 0 Å². The third-order valence-electron chi connectivity index (χ3n) is 4.61. The predicted molar refractivity (Wildman–Crippen MR) is 91.9 cm³/mol. The van der Waals surface area contributed by atoms with Gasteiger partial charge in [0.25, 0.3) is 0 Å². The number of hydrogen-bond donors (Lipinski definition) is 0. The van der Waals surface area contributed by atoms with Gasteiger partial charge >= 0.3 is 0 Å². The summed E-state index contributed by atoms with van der Waals surface area (Å²) in [6.07, 6.45) is 6.16. The lowest BCUT2D eigenvalue weighted by Crippen LogP contribution is -2.32. The zero-order chi connectivity index (χ0) is 17.1. The third kappa shape index (κ3) is 3.41. The van der Waals surface area contributed by atoms with Gasteiger partial charge in [0, 0.05) is 18.4 Å². The molecule has 0 amide bonds. The molecule has 0 aliphatic carbocycles. The van der Waals surface area contributed by atoms with Crippen LogP contribution in [0.2, 0.25) is 0 Å². The number of nitrogens with zero attached hydrogens (tertiary/aromatic N) is 5. The minimum absolute atomic E-state index is 0.446. The van der Waals surface area contributed by atoms with Gasteiger partial charge in [-0.1, -0.05) is 17.3 Å². The lowest BCUT2D eigenvalue weighted by molar-refractivity contribution is 0.192. The Morgan fingerprint density at radius 1 is 1.28 bits per heavy atom. The van der Waals surface area contributed by atoms with Crippen LogP contribution in [-0.4, -0.2) is 44.5 Å². The van der Waals surface area contributed by atoms with Crippen molar-refractivity contribution in [3.05, 3.63) is 48.6 Å². The van der Waals surface area contributed by atoms with Gasteiger partial charge in [-0.3, -0.25) is 9.58 Å². The summed E-state index contributed by atoms with van der Waals surface area (Å²) < 4.78 is 12.8. The van der Waals surface area contributed by atoms with E-state index in [2.05, 4.69) is 20.1 Å². The molecule has 0 saturated carbocycles. The molecule has 0 bridgehead atoms. The maximum atomic E-state index is 5.48. The van der Waals surface area contributed by atoms with Crippen LogP contribution in [0.25, 0.3) is 11.4 Å². The summed E-state index contributed by atoms with van der Waals surface area (Å²) >= 11 is 0. The summed E-state index contributed by atoms with van der Waals surface area (Å²) in [7, 11) is 1.64. The first-order valence-electron chi connectivity index (χ1n) is 8.51. The molecule has 0 spiro atoms. The number of ether oxygens (including phenoxy) is 1. The SMILES string of the molecule is COc1ccccc1-c1noc(CN2CCCC2Cn2cccn2)n1. The van der Waals surface area contributed by atoms with Crippen LogP contribution in [0.5, 0.6) is 5.75 Å². The van der Waals surface area contributed by atoms with Crippen molar-refractivity contribution in [1.29, 1.82) is 0 Å². The Morgan fingerprint density at radius 3 is 3.04 bits per heavy atom. The molecule has 7 heteroatoms. The zero-order valence-electron chi connectivity index (χ0n) is 14.2. The molecular weight excluding hydrogens is 318 g/mol. The van der Waals surface area contributed by atoms with Gasteiger partial charge in [-0.25, -0.2) is 0 Å². The molecule has 1 saturated heterocycles. The van der Waals surface area contributed by atoms with Gasteiger partial charge in [-0.15, -0.1) is 0 Å². The summed E-state index contributed by atoms with van der Waals surface area (Å²) in [5, 5.41) is 8.44. The number of benzene rings is 1. The molecule has 1 fully saturated rings. The molecule has 1 aromatic carbocycles. The van der Waals surface area contributed by atoms with Crippen molar-refractivity contribution >= 4 is 0 Å². The Hall–Kier alpha value is -2.67. The van der Waals surface area contributed by atoms with Crippen LogP contribution in [0.15, 0.2) is 47.2 Å². The molecule has 0 radical (unpaired) electrons. The van der Waals surface area contributed by atoms with Gasteiger partial charge in [-0.05, 0) is 37.6 Å². The number of hydrogen-bond acceptors (Lipinski definition) is 6. The van der Waals surface area contributed by atoms with E-state index in [1.165, 1.54) is 6.42 Å². The van der Waals surface area contributed by atoms with E-state index in [1.807, 2.05) is 47.4 Å². The predicted octanol–water partition coefficient (Wildman–Crippen LogP) is 2.61. The van der Waals surface area contributed by atoms with Crippen LogP contribution in [0.1, 0.15) is 18.7 Å². The van der Waals surface area contributed by atoms with Crippen LogP contribution < -0.4 is 4.74 Å². The van der Waals surface area contributed by atoms with Crippen LogP contribution >= 0.6 is 0 Å². The van der Waals surface area contributed by atoms with E-state index in [4.69, 9.17) is 9.26 Å². The molecule has 1 aliphatic rings. The summed E-state index contributed by atoms with van der Waals surface area (Å²) in [4.78, 5) is 6.95. The molecule has 7 nitrogen and oxygen atoms in total. The average Bonchev–Trinajstić information content (AvgIpc) is 3.39. The fraction of sp³-hybridized carbons (Fsp3) is 0.389. The van der Waals surface area contributed by atoms with Gasteiger partial charge < -0.3 is 9.26 Å². The van der Waals surface area contributed by atoms with Crippen LogP contribution in [0.4, 0.5) is 0 Å². The zero-order valence-corrected chi connectivity index (χ0v) is 14.2. The van der Waals surface area contributed by atoms with Gasteiger partial charge in [-0.2, -0.15) is 10.1 Å². The van der Waals surface area contributed by atoms with Gasteiger partial charge in [0.1, 0.15) is 5.75 Å². The molecule has 2 aromatic heterocycles. The Balaban J connectivity index is 1.47.